The zero-order chi connectivity index (χ0) is 14.7. The molecule has 21 heavy (non-hydrogen) atoms. The first kappa shape index (κ1) is 14.4. The van der Waals surface area contributed by atoms with Crippen LogP contribution in [0.3, 0.4) is 0 Å². The third-order valence-corrected chi connectivity index (χ3v) is 4.83. The Morgan fingerprint density at radius 3 is 2.62 bits per heavy atom. The van der Waals surface area contributed by atoms with Crippen LogP contribution in [0, 0.1) is 17.7 Å². The highest BCUT2D eigenvalue weighted by atomic mass is 19.1. The maximum Gasteiger partial charge on any atom is 0.193 e. The number of aliphatic imine (C=N–C) groups is 1. The molecule has 1 aromatic rings. The van der Waals surface area contributed by atoms with E-state index in [1.54, 1.807) is 12.1 Å². The van der Waals surface area contributed by atoms with Crippen molar-refractivity contribution < 1.29 is 4.39 Å². The van der Waals surface area contributed by atoms with E-state index < -0.39 is 0 Å². The molecule has 2 aliphatic rings. The van der Waals surface area contributed by atoms with Gasteiger partial charge in [-0.05, 0) is 42.4 Å². The monoisotopic (exact) mass is 289 g/mol. The van der Waals surface area contributed by atoms with E-state index in [4.69, 9.17) is 0 Å². The van der Waals surface area contributed by atoms with E-state index in [1.807, 2.05) is 13.1 Å². The van der Waals surface area contributed by atoms with Crippen LogP contribution in [0.1, 0.15) is 31.2 Å². The minimum absolute atomic E-state index is 0.184. The molecule has 1 heterocycles. The highest BCUT2D eigenvalue weighted by molar-refractivity contribution is 5.80. The van der Waals surface area contributed by atoms with Crippen LogP contribution in [0.15, 0.2) is 29.3 Å². The summed E-state index contributed by atoms with van der Waals surface area (Å²) in [4.78, 5) is 6.78. The Kier molecular flexibility index (Phi) is 4.42. The average Bonchev–Trinajstić information content (AvgIpc) is 2.91. The van der Waals surface area contributed by atoms with Gasteiger partial charge in [0.1, 0.15) is 5.82 Å². The Labute approximate surface area is 126 Å². The first-order valence-electron chi connectivity index (χ1n) is 7.96. The second-order valence-electron chi connectivity index (χ2n) is 6.24. The van der Waals surface area contributed by atoms with E-state index in [-0.39, 0.29) is 5.82 Å². The maximum absolute atomic E-state index is 13.2. The number of hydrogen-bond donors (Lipinski definition) is 1. The molecule has 1 aliphatic carbocycles. The van der Waals surface area contributed by atoms with Gasteiger partial charge >= 0.3 is 0 Å². The first-order chi connectivity index (χ1) is 10.3. The average molecular weight is 289 g/mol. The lowest BCUT2D eigenvalue weighted by Crippen LogP contribution is -2.39. The lowest BCUT2D eigenvalue weighted by molar-refractivity contribution is 0.299. The topological polar surface area (TPSA) is 27.6 Å². The van der Waals surface area contributed by atoms with Crippen molar-refractivity contribution in [2.75, 3.05) is 20.1 Å². The second-order valence-corrected chi connectivity index (χ2v) is 6.24. The lowest BCUT2D eigenvalue weighted by Gasteiger charge is -2.22. The van der Waals surface area contributed by atoms with Gasteiger partial charge in [0.25, 0.3) is 0 Å². The minimum Gasteiger partial charge on any atom is -0.352 e. The quantitative estimate of drug-likeness (QED) is 0.669. The lowest BCUT2D eigenvalue weighted by atomic mass is 9.82. The summed E-state index contributed by atoms with van der Waals surface area (Å²) in [6.07, 6.45) is 5.48. The predicted molar refractivity (Wildman–Crippen MR) is 83.6 cm³/mol. The zero-order valence-corrected chi connectivity index (χ0v) is 12.7. The molecule has 3 nitrogen and oxygen atoms in total. The molecule has 3 rings (SSSR count). The van der Waals surface area contributed by atoms with Crippen molar-refractivity contribution in [3.63, 3.8) is 0 Å². The normalized spacial score (nSPS) is 25.8. The second kappa shape index (κ2) is 6.46. The van der Waals surface area contributed by atoms with Crippen LogP contribution in [0.2, 0.25) is 0 Å². The Morgan fingerprint density at radius 1 is 1.29 bits per heavy atom. The molecule has 0 bridgehead atoms. The third kappa shape index (κ3) is 3.36. The molecule has 2 atom stereocenters. The van der Waals surface area contributed by atoms with E-state index in [1.165, 1.54) is 31.7 Å². The molecule has 114 valence electrons. The van der Waals surface area contributed by atoms with Gasteiger partial charge in [-0.2, -0.15) is 0 Å². The molecule has 1 aromatic carbocycles. The number of benzene rings is 1. The van der Waals surface area contributed by atoms with E-state index in [0.717, 1.165) is 36.4 Å². The molecule has 0 radical (unpaired) electrons. The smallest absolute Gasteiger partial charge is 0.193 e. The molecular formula is C17H24FN3. The molecule has 1 saturated carbocycles. The number of guanidine groups is 1. The number of halogens is 1. The van der Waals surface area contributed by atoms with Crippen molar-refractivity contribution in [2.24, 2.45) is 16.8 Å². The highest BCUT2D eigenvalue weighted by Gasteiger charge is 2.35. The number of likely N-dealkylation sites (tertiary alicyclic amines) is 1. The van der Waals surface area contributed by atoms with E-state index in [2.05, 4.69) is 15.2 Å². The number of nitrogens with one attached hydrogen (secondary N) is 1. The molecule has 0 aromatic heterocycles. The van der Waals surface area contributed by atoms with Crippen LogP contribution in [0.5, 0.6) is 0 Å². The Balaban J connectivity index is 1.58. The summed E-state index contributed by atoms with van der Waals surface area (Å²) in [7, 11) is 1.83. The van der Waals surface area contributed by atoms with Crippen molar-refractivity contribution >= 4 is 5.96 Å². The van der Waals surface area contributed by atoms with E-state index >= 15 is 0 Å². The SMILES string of the molecule is CN=C(NCc1cccc(F)c1)N1CC2CCCCC2C1. The molecule has 1 saturated heterocycles. The van der Waals surface area contributed by atoms with Gasteiger partial charge in [-0.25, -0.2) is 4.39 Å². The van der Waals surface area contributed by atoms with Gasteiger partial charge in [-0.1, -0.05) is 25.0 Å². The number of nitrogens with zero attached hydrogens (tertiary/aromatic N) is 2. The van der Waals surface area contributed by atoms with Crippen LogP contribution < -0.4 is 5.32 Å². The van der Waals surface area contributed by atoms with Gasteiger partial charge < -0.3 is 10.2 Å². The molecule has 1 aliphatic heterocycles. The molecule has 0 amide bonds. The summed E-state index contributed by atoms with van der Waals surface area (Å²) in [6.45, 7) is 2.86. The predicted octanol–water partition coefficient (Wildman–Crippen LogP) is 3.02. The van der Waals surface area contributed by atoms with E-state index in [0.29, 0.717) is 6.54 Å². The van der Waals surface area contributed by atoms with Crippen LogP contribution in [0.25, 0.3) is 0 Å². The summed E-state index contributed by atoms with van der Waals surface area (Å²) < 4.78 is 13.2. The molecule has 4 heteroatoms. The minimum atomic E-state index is -0.184. The fraction of sp³-hybridized carbons (Fsp3) is 0.588. The van der Waals surface area contributed by atoms with Gasteiger partial charge in [-0.15, -0.1) is 0 Å². The van der Waals surface area contributed by atoms with Crippen LogP contribution in [0.4, 0.5) is 4.39 Å². The fourth-order valence-corrected chi connectivity index (χ4v) is 3.74. The number of rotatable bonds is 2. The fourth-order valence-electron chi connectivity index (χ4n) is 3.74. The summed E-state index contributed by atoms with van der Waals surface area (Å²) in [5, 5.41) is 3.37. The molecule has 2 unspecified atom stereocenters. The Hall–Kier alpha value is -1.58. The van der Waals surface area contributed by atoms with Gasteiger partial charge in [0.15, 0.2) is 5.96 Å². The Morgan fingerprint density at radius 2 is 2.00 bits per heavy atom. The molecule has 0 spiro atoms. The standard InChI is InChI=1S/C17H24FN3/c1-19-17(20-10-13-5-4-8-16(18)9-13)21-11-14-6-2-3-7-15(14)12-21/h4-5,8-9,14-15H,2-3,6-7,10-12H2,1H3,(H,19,20). The van der Waals surface area contributed by atoms with Crippen LogP contribution in [-0.2, 0) is 6.54 Å². The van der Waals surface area contributed by atoms with Crippen molar-refractivity contribution in [1.29, 1.82) is 0 Å². The largest absolute Gasteiger partial charge is 0.352 e. The van der Waals surface area contributed by atoms with Crippen molar-refractivity contribution in [1.82, 2.24) is 10.2 Å². The van der Waals surface area contributed by atoms with Gasteiger partial charge in [-0.3, -0.25) is 4.99 Å². The first-order valence-corrected chi connectivity index (χ1v) is 7.96. The van der Waals surface area contributed by atoms with Gasteiger partial charge in [0, 0.05) is 26.7 Å². The summed E-state index contributed by atoms with van der Waals surface area (Å²) >= 11 is 0. The van der Waals surface area contributed by atoms with E-state index in [9.17, 15) is 4.39 Å². The summed E-state index contributed by atoms with van der Waals surface area (Å²) in [5.41, 5.74) is 0.952. The third-order valence-electron chi connectivity index (χ3n) is 4.83. The molecular weight excluding hydrogens is 265 g/mol. The number of fused-ring (bicyclic) bond motifs is 1. The van der Waals surface area contributed by atoms with Crippen LogP contribution in [-0.4, -0.2) is 31.0 Å². The molecule has 2 fully saturated rings. The Bertz CT molecular complexity index is 501. The summed E-state index contributed by atoms with van der Waals surface area (Å²) in [6, 6.07) is 6.74. The van der Waals surface area contributed by atoms with Gasteiger partial charge in [0.2, 0.25) is 0 Å². The maximum atomic E-state index is 13.2. The number of hydrogen-bond acceptors (Lipinski definition) is 1. The van der Waals surface area contributed by atoms with Crippen molar-refractivity contribution in [2.45, 2.75) is 32.2 Å². The van der Waals surface area contributed by atoms with Crippen molar-refractivity contribution in [3.8, 4) is 0 Å². The zero-order valence-electron chi connectivity index (χ0n) is 12.7. The van der Waals surface area contributed by atoms with Crippen molar-refractivity contribution in [3.05, 3.63) is 35.6 Å². The van der Waals surface area contributed by atoms with Gasteiger partial charge in [0.05, 0.1) is 0 Å². The molecule has 1 N–H and O–H groups in total. The summed E-state index contributed by atoms with van der Waals surface area (Å²) in [5.74, 6) is 2.45. The van der Waals surface area contributed by atoms with Crippen LogP contribution >= 0.6 is 0 Å². The highest BCUT2D eigenvalue weighted by Crippen LogP contribution is 2.35.